The molecule has 0 heterocycles. The van der Waals surface area contributed by atoms with Crippen molar-refractivity contribution in [2.24, 2.45) is 0 Å². The molecule has 3 nitrogen and oxygen atoms in total. The molecule has 0 aliphatic rings. The average molecular weight is 287 g/mol. The Morgan fingerprint density at radius 3 is 2.62 bits per heavy atom. The van der Waals surface area contributed by atoms with E-state index in [1.807, 2.05) is 18.2 Å². The Balaban J connectivity index is 1.64. The van der Waals surface area contributed by atoms with Crippen molar-refractivity contribution >= 4 is 10.8 Å². The second kappa shape index (κ2) is 8.65. The molecule has 0 aliphatic carbocycles. The van der Waals surface area contributed by atoms with E-state index in [1.165, 1.54) is 10.8 Å². The predicted octanol–water partition coefficient (Wildman–Crippen LogP) is 3.62. The van der Waals surface area contributed by atoms with Crippen LogP contribution in [0.5, 0.6) is 5.75 Å². The summed E-state index contributed by atoms with van der Waals surface area (Å²) in [6.07, 6.45) is 1.14. The SMILES string of the molecule is CCC(C)NCCOCCOc1ccc2ccccc2c1. The third-order valence-corrected chi connectivity index (χ3v) is 3.57. The normalized spacial score (nSPS) is 12.5. The fourth-order valence-corrected chi connectivity index (χ4v) is 2.10. The van der Waals surface area contributed by atoms with Gasteiger partial charge in [0.15, 0.2) is 0 Å². The number of fused-ring (bicyclic) bond motifs is 1. The van der Waals surface area contributed by atoms with Crippen LogP contribution in [-0.4, -0.2) is 32.4 Å². The predicted molar refractivity (Wildman–Crippen MR) is 88.0 cm³/mol. The molecule has 1 N–H and O–H groups in total. The Labute approximate surface area is 127 Å². The van der Waals surface area contributed by atoms with E-state index in [0.29, 0.717) is 19.3 Å². The van der Waals surface area contributed by atoms with Gasteiger partial charge < -0.3 is 14.8 Å². The Hall–Kier alpha value is -1.58. The van der Waals surface area contributed by atoms with Crippen molar-refractivity contribution in [2.45, 2.75) is 26.3 Å². The van der Waals surface area contributed by atoms with E-state index in [-0.39, 0.29) is 0 Å². The molecule has 0 saturated heterocycles. The molecule has 0 aromatic heterocycles. The summed E-state index contributed by atoms with van der Waals surface area (Å²) in [6.45, 7) is 7.19. The largest absolute Gasteiger partial charge is 0.491 e. The van der Waals surface area contributed by atoms with Gasteiger partial charge in [0.25, 0.3) is 0 Å². The van der Waals surface area contributed by atoms with Crippen LogP contribution in [0.15, 0.2) is 42.5 Å². The van der Waals surface area contributed by atoms with E-state index in [0.717, 1.165) is 25.3 Å². The summed E-state index contributed by atoms with van der Waals surface area (Å²) in [5.41, 5.74) is 0. The van der Waals surface area contributed by atoms with Gasteiger partial charge in [-0.15, -0.1) is 0 Å². The minimum absolute atomic E-state index is 0.558. The molecule has 1 atom stereocenters. The molecule has 0 spiro atoms. The zero-order valence-electron chi connectivity index (χ0n) is 13.0. The molecule has 0 amide bonds. The van der Waals surface area contributed by atoms with Gasteiger partial charge in [0.05, 0.1) is 13.2 Å². The highest BCUT2D eigenvalue weighted by Gasteiger charge is 1.98. The van der Waals surface area contributed by atoms with Gasteiger partial charge in [0, 0.05) is 12.6 Å². The smallest absolute Gasteiger partial charge is 0.120 e. The Kier molecular flexibility index (Phi) is 6.51. The summed E-state index contributed by atoms with van der Waals surface area (Å²) in [5, 5.41) is 5.83. The van der Waals surface area contributed by atoms with Crippen LogP contribution in [0, 0.1) is 0 Å². The molecule has 114 valence electrons. The number of rotatable bonds is 9. The molecule has 0 aliphatic heterocycles. The summed E-state index contributed by atoms with van der Waals surface area (Å²) >= 11 is 0. The van der Waals surface area contributed by atoms with Crippen molar-refractivity contribution in [3.05, 3.63) is 42.5 Å². The van der Waals surface area contributed by atoms with E-state index >= 15 is 0 Å². The lowest BCUT2D eigenvalue weighted by molar-refractivity contribution is 0.101. The molecule has 1 unspecified atom stereocenters. The maximum atomic E-state index is 5.72. The number of benzene rings is 2. The third-order valence-electron chi connectivity index (χ3n) is 3.57. The lowest BCUT2D eigenvalue weighted by Crippen LogP contribution is -2.29. The van der Waals surface area contributed by atoms with Gasteiger partial charge in [0.2, 0.25) is 0 Å². The van der Waals surface area contributed by atoms with Crippen LogP contribution in [0.4, 0.5) is 0 Å². The quantitative estimate of drug-likeness (QED) is 0.715. The van der Waals surface area contributed by atoms with Crippen LogP contribution < -0.4 is 10.1 Å². The van der Waals surface area contributed by atoms with Gasteiger partial charge in [-0.25, -0.2) is 0 Å². The Bertz CT molecular complexity index is 541. The molecular weight excluding hydrogens is 262 g/mol. The van der Waals surface area contributed by atoms with Gasteiger partial charge in [-0.3, -0.25) is 0 Å². The summed E-state index contributed by atoms with van der Waals surface area (Å²) in [7, 11) is 0. The second-order valence-corrected chi connectivity index (χ2v) is 5.23. The van der Waals surface area contributed by atoms with Crippen LogP contribution in [-0.2, 0) is 4.74 Å². The molecule has 3 heteroatoms. The van der Waals surface area contributed by atoms with Gasteiger partial charge in [-0.1, -0.05) is 37.3 Å². The highest BCUT2D eigenvalue weighted by atomic mass is 16.5. The molecule has 2 aromatic rings. The van der Waals surface area contributed by atoms with Gasteiger partial charge in [-0.05, 0) is 36.2 Å². The van der Waals surface area contributed by atoms with E-state index in [2.05, 4.69) is 43.4 Å². The molecule has 0 bridgehead atoms. The van der Waals surface area contributed by atoms with Gasteiger partial charge in [-0.2, -0.15) is 0 Å². The van der Waals surface area contributed by atoms with Crippen LogP contribution in [0.1, 0.15) is 20.3 Å². The first-order valence-electron chi connectivity index (χ1n) is 7.72. The van der Waals surface area contributed by atoms with E-state index < -0.39 is 0 Å². The second-order valence-electron chi connectivity index (χ2n) is 5.23. The van der Waals surface area contributed by atoms with Crippen molar-refractivity contribution in [1.29, 1.82) is 0 Å². The van der Waals surface area contributed by atoms with Gasteiger partial charge >= 0.3 is 0 Å². The van der Waals surface area contributed by atoms with Crippen molar-refractivity contribution in [2.75, 3.05) is 26.4 Å². The first-order chi connectivity index (χ1) is 10.3. The molecule has 0 radical (unpaired) electrons. The van der Waals surface area contributed by atoms with Crippen molar-refractivity contribution < 1.29 is 9.47 Å². The van der Waals surface area contributed by atoms with Crippen molar-refractivity contribution in [3.63, 3.8) is 0 Å². The monoisotopic (exact) mass is 287 g/mol. The topological polar surface area (TPSA) is 30.5 Å². The summed E-state index contributed by atoms with van der Waals surface area (Å²) in [6, 6.07) is 15.0. The summed E-state index contributed by atoms with van der Waals surface area (Å²) < 4.78 is 11.3. The first-order valence-corrected chi connectivity index (χ1v) is 7.72. The fraction of sp³-hybridized carbons (Fsp3) is 0.444. The number of hydrogen-bond donors (Lipinski definition) is 1. The van der Waals surface area contributed by atoms with E-state index in [4.69, 9.17) is 9.47 Å². The molecule has 2 aromatic carbocycles. The molecule has 2 rings (SSSR count). The summed E-state index contributed by atoms with van der Waals surface area (Å²) in [5.74, 6) is 0.898. The fourth-order valence-electron chi connectivity index (χ4n) is 2.10. The van der Waals surface area contributed by atoms with E-state index in [9.17, 15) is 0 Å². The first kappa shape index (κ1) is 15.8. The number of ether oxygens (including phenoxy) is 2. The minimum Gasteiger partial charge on any atom is -0.491 e. The Morgan fingerprint density at radius 1 is 1.00 bits per heavy atom. The maximum Gasteiger partial charge on any atom is 0.120 e. The third kappa shape index (κ3) is 5.37. The highest BCUT2D eigenvalue weighted by molar-refractivity contribution is 5.83. The molecule has 0 fully saturated rings. The zero-order chi connectivity index (χ0) is 14.9. The van der Waals surface area contributed by atoms with Crippen LogP contribution in [0.25, 0.3) is 10.8 Å². The lowest BCUT2D eigenvalue weighted by Gasteiger charge is -2.11. The van der Waals surface area contributed by atoms with Gasteiger partial charge in [0.1, 0.15) is 12.4 Å². The van der Waals surface area contributed by atoms with Crippen molar-refractivity contribution in [3.8, 4) is 5.75 Å². The average Bonchev–Trinajstić information content (AvgIpc) is 2.53. The number of hydrogen-bond acceptors (Lipinski definition) is 3. The van der Waals surface area contributed by atoms with Crippen LogP contribution in [0.2, 0.25) is 0 Å². The maximum absolute atomic E-state index is 5.72. The molecular formula is C18H25NO2. The zero-order valence-corrected chi connectivity index (χ0v) is 13.0. The lowest BCUT2D eigenvalue weighted by atomic mass is 10.1. The Morgan fingerprint density at radius 2 is 1.81 bits per heavy atom. The minimum atomic E-state index is 0.558. The van der Waals surface area contributed by atoms with Crippen LogP contribution >= 0.6 is 0 Å². The van der Waals surface area contributed by atoms with Crippen LogP contribution in [0.3, 0.4) is 0 Å². The van der Waals surface area contributed by atoms with Crippen molar-refractivity contribution in [1.82, 2.24) is 5.32 Å². The molecule has 21 heavy (non-hydrogen) atoms. The molecule has 0 saturated carbocycles. The summed E-state index contributed by atoms with van der Waals surface area (Å²) in [4.78, 5) is 0. The standard InChI is InChI=1S/C18H25NO2/c1-3-15(2)19-10-11-20-12-13-21-18-9-8-16-6-4-5-7-17(16)14-18/h4-9,14-15,19H,3,10-13H2,1-2H3. The number of nitrogens with one attached hydrogen (secondary N) is 1. The van der Waals surface area contributed by atoms with E-state index in [1.54, 1.807) is 0 Å². The highest BCUT2D eigenvalue weighted by Crippen LogP contribution is 2.20.